The van der Waals surface area contributed by atoms with Crippen LogP contribution >= 0.6 is 0 Å². The van der Waals surface area contributed by atoms with Crippen LogP contribution in [-0.2, 0) is 0 Å². The molecular formula is C25H29N7O2. The van der Waals surface area contributed by atoms with Crippen LogP contribution in [0.5, 0.6) is 5.75 Å². The van der Waals surface area contributed by atoms with E-state index in [0.717, 1.165) is 24.1 Å². The van der Waals surface area contributed by atoms with Gasteiger partial charge in [0.1, 0.15) is 5.69 Å². The molecule has 1 amide bonds. The molecular weight excluding hydrogens is 430 g/mol. The molecule has 34 heavy (non-hydrogen) atoms. The van der Waals surface area contributed by atoms with Crippen molar-refractivity contribution in [3.05, 3.63) is 48.4 Å². The second-order valence-electron chi connectivity index (χ2n) is 8.70. The van der Waals surface area contributed by atoms with Crippen LogP contribution in [0.25, 0.3) is 11.3 Å². The van der Waals surface area contributed by atoms with E-state index in [0.29, 0.717) is 35.3 Å². The van der Waals surface area contributed by atoms with Crippen molar-refractivity contribution in [2.24, 2.45) is 5.92 Å². The molecule has 1 aromatic carbocycles. The average molecular weight is 460 g/mol. The van der Waals surface area contributed by atoms with Crippen molar-refractivity contribution in [1.82, 2.24) is 24.6 Å². The molecule has 0 spiro atoms. The lowest BCUT2D eigenvalue weighted by Gasteiger charge is -2.21. The molecule has 0 aliphatic heterocycles. The molecule has 1 unspecified atom stereocenters. The minimum atomic E-state index is -0.0566. The van der Waals surface area contributed by atoms with E-state index in [-0.39, 0.29) is 11.9 Å². The Kier molecular flexibility index (Phi) is 7.07. The summed E-state index contributed by atoms with van der Waals surface area (Å²) in [5.74, 6) is 1.35. The third kappa shape index (κ3) is 5.01. The number of hydrogen-bond donors (Lipinski definition) is 1. The zero-order chi connectivity index (χ0) is 24.1. The second kappa shape index (κ2) is 10.3. The van der Waals surface area contributed by atoms with E-state index in [2.05, 4.69) is 26.5 Å². The minimum absolute atomic E-state index is 0.0566. The van der Waals surface area contributed by atoms with Crippen LogP contribution in [0.1, 0.15) is 48.5 Å². The molecule has 1 N–H and O–H groups in total. The van der Waals surface area contributed by atoms with Crippen molar-refractivity contribution in [3.8, 4) is 23.1 Å². The number of nitriles is 1. The van der Waals surface area contributed by atoms with Gasteiger partial charge in [-0.25, -0.2) is 9.97 Å². The number of carbonyl (C=O) groups is 1. The number of methoxy groups -OCH3 is 1. The largest absolute Gasteiger partial charge is 0.493 e. The molecule has 1 atom stereocenters. The Morgan fingerprint density at radius 2 is 2.00 bits per heavy atom. The number of rotatable bonds is 8. The standard InChI is InChI=1S/C25H29N7O2/c1-31(2)24(33)18-8-10-20(11-9-18)29-25-27-15-22(34-3)23(30-25)19-14-28-32(16-19)21(12-13-26)17-6-4-5-7-17/h8-11,14-17,21H,4-7,12H2,1-3H3,(H,27,29,30). The Hall–Kier alpha value is -3.93. The number of amides is 1. The molecule has 1 aliphatic rings. The Morgan fingerprint density at radius 3 is 2.65 bits per heavy atom. The van der Waals surface area contributed by atoms with Gasteiger partial charge >= 0.3 is 0 Å². The maximum atomic E-state index is 12.1. The molecule has 0 radical (unpaired) electrons. The smallest absolute Gasteiger partial charge is 0.253 e. The summed E-state index contributed by atoms with van der Waals surface area (Å²) in [6.07, 6.45) is 10.4. The lowest BCUT2D eigenvalue weighted by Crippen LogP contribution is -2.21. The number of benzene rings is 1. The van der Waals surface area contributed by atoms with Gasteiger partial charge in [0.25, 0.3) is 5.91 Å². The highest BCUT2D eigenvalue weighted by molar-refractivity contribution is 5.94. The van der Waals surface area contributed by atoms with Crippen LogP contribution in [0, 0.1) is 17.2 Å². The first-order valence-corrected chi connectivity index (χ1v) is 11.4. The highest BCUT2D eigenvalue weighted by Crippen LogP contribution is 2.37. The van der Waals surface area contributed by atoms with E-state index >= 15 is 0 Å². The van der Waals surface area contributed by atoms with E-state index < -0.39 is 0 Å². The third-order valence-electron chi connectivity index (χ3n) is 6.23. The number of carbonyl (C=O) groups excluding carboxylic acids is 1. The Morgan fingerprint density at radius 1 is 1.26 bits per heavy atom. The molecule has 1 aliphatic carbocycles. The van der Waals surface area contributed by atoms with Gasteiger partial charge in [-0.1, -0.05) is 12.8 Å². The first kappa shape index (κ1) is 23.2. The fraction of sp³-hybridized carbons (Fsp3) is 0.400. The fourth-order valence-electron chi connectivity index (χ4n) is 4.42. The number of anilines is 2. The lowest BCUT2D eigenvalue weighted by atomic mass is 9.96. The van der Waals surface area contributed by atoms with Gasteiger partial charge in [0.05, 0.1) is 38.0 Å². The summed E-state index contributed by atoms with van der Waals surface area (Å²) in [7, 11) is 5.02. The monoisotopic (exact) mass is 459 g/mol. The maximum absolute atomic E-state index is 12.1. The molecule has 1 fully saturated rings. The predicted molar refractivity (Wildman–Crippen MR) is 129 cm³/mol. The molecule has 9 nitrogen and oxygen atoms in total. The number of ether oxygens (including phenoxy) is 1. The Bertz CT molecular complexity index is 1170. The highest BCUT2D eigenvalue weighted by Gasteiger charge is 2.27. The molecule has 2 heterocycles. The van der Waals surface area contributed by atoms with Crippen molar-refractivity contribution in [1.29, 1.82) is 5.26 Å². The first-order valence-electron chi connectivity index (χ1n) is 11.4. The van der Waals surface area contributed by atoms with Crippen LogP contribution in [0.15, 0.2) is 42.9 Å². The van der Waals surface area contributed by atoms with Gasteiger partial charge in [0.15, 0.2) is 5.75 Å². The van der Waals surface area contributed by atoms with Crippen LogP contribution in [0.3, 0.4) is 0 Å². The number of hydrogen-bond acceptors (Lipinski definition) is 7. The SMILES string of the molecule is COc1cnc(Nc2ccc(C(=O)N(C)C)cc2)nc1-c1cnn(C(CC#N)C2CCCC2)c1. The highest BCUT2D eigenvalue weighted by atomic mass is 16.5. The molecule has 0 saturated heterocycles. The van der Waals surface area contributed by atoms with Gasteiger partial charge in [-0.05, 0) is 43.0 Å². The van der Waals surface area contributed by atoms with Crippen molar-refractivity contribution < 1.29 is 9.53 Å². The van der Waals surface area contributed by atoms with Crippen molar-refractivity contribution in [2.45, 2.75) is 38.1 Å². The van der Waals surface area contributed by atoms with E-state index in [9.17, 15) is 10.1 Å². The van der Waals surface area contributed by atoms with Gasteiger partial charge in [0, 0.05) is 37.1 Å². The van der Waals surface area contributed by atoms with E-state index in [4.69, 9.17) is 4.74 Å². The quantitative estimate of drug-likeness (QED) is 0.530. The first-order chi connectivity index (χ1) is 16.5. The molecule has 3 aromatic rings. The topological polar surface area (TPSA) is 109 Å². The van der Waals surface area contributed by atoms with Crippen LogP contribution in [0.4, 0.5) is 11.6 Å². The zero-order valence-electron chi connectivity index (χ0n) is 19.7. The fourth-order valence-corrected chi connectivity index (χ4v) is 4.42. The molecule has 1 saturated carbocycles. The summed E-state index contributed by atoms with van der Waals surface area (Å²) >= 11 is 0. The van der Waals surface area contributed by atoms with Gasteiger partial charge in [-0.3, -0.25) is 9.48 Å². The average Bonchev–Trinajstić information content (AvgIpc) is 3.55. The molecule has 176 valence electrons. The lowest BCUT2D eigenvalue weighted by molar-refractivity contribution is 0.0827. The minimum Gasteiger partial charge on any atom is -0.493 e. The van der Waals surface area contributed by atoms with Crippen molar-refractivity contribution >= 4 is 17.5 Å². The van der Waals surface area contributed by atoms with Crippen molar-refractivity contribution in [2.75, 3.05) is 26.5 Å². The Balaban J connectivity index is 1.57. The van der Waals surface area contributed by atoms with Gasteiger partial charge in [-0.2, -0.15) is 10.4 Å². The number of aromatic nitrogens is 4. The molecule has 4 rings (SSSR count). The summed E-state index contributed by atoms with van der Waals surface area (Å²) < 4.78 is 7.41. The van der Waals surface area contributed by atoms with E-state index in [1.54, 1.807) is 45.7 Å². The molecule has 9 heteroatoms. The van der Waals surface area contributed by atoms with Crippen molar-refractivity contribution in [3.63, 3.8) is 0 Å². The third-order valence-corrected chi connectivity index (χ3v) is 6.23. The predicted octanol–water partition coefficient (Wildman–Crippen LogP) is 4.44. The van der Waals surface area contributed by atoms with Gasteiger partial charge in [-0.15, -0.1) is 0 Å². The summed E-state index contributed by atoms with van der Waals surface area (Å²) in [5.41, 5.74) is 2.79. The van der Waals surface area contributed by atoms with Gasteiger partial charge < -0.3 is 15.0 Å². The summed E-state index contributed by atoms with van der Waals surface area (Å²) in [4.78, 5) is 22.7. The van der Waals surface area contributed by atoms with Crippen LogP contribution in [0.2, 0.25) is 0 Å². The van der Waals surface area contributed by atoms with Crippen LogP contribution in [-0.4, -0.2) is 51.8 Å². The zero-order valence-corrected chi connectivity index (χ0v) is 19.7. The Labute approximate surface area is 199 Å². The van der Waals surface area contributed by atoms with Gasteiger partial charge in [0.2, 0.25) is 5.95 Å². The summed E-state index contributed by atoms with van der Waals surface area (Å²) in [5, 5.41) is 17.1. The second-order valence-corrected chi connectivity index (χ2v) is 8.70. The molecule has 2 aromatic heterocycles. The van der Waals surface area contributed by atoms with E-state index in [1.165, 1.54) is 17.7 Å². The summed E-state index contributed by atoms with van der Waals surface area (Å²) in [6.45, 7) is 0. The maximum Gasteiger partial charge on any atom is 0.253 e. The normalized spacial score (nSPS) is 14.4. The van der Waals surface area contributed by atoms with E-state index in [1.807, 2.05) is 23.0 Å². The number of nitrogens with zero attached hydrogens (tertiary/aromatic N) is 6. The summed E-state index contributed by atoms with van der Waals surface area (Å²) in [6, 6.07) is 9.54. The molecule has 0 bridgehead atoms. The van der Waals surface area contributed by atoms with Crippen LogP contribution < -0.4 is 10.1 Å². The number of nitrogens with one attached hydrogen (secondary N) is 1.